The molecule has 8 heteroatoms. The molecule has 1 heterocycles. The Balaban J connectivity index is 0.00000256. The van der Waals surface area contributed by atoms with Crippen molar-refractivity contribution in [3.05, 3.63) is 41.4 Å². The Morgan fingerprint density at radius 2 is 1.73 bits per heavy atom. The molecule has 6 nitrogen and oxygen atoms in total. The van der Waals surface area contributed by atoms with E-state index in [0.29, 0.717) is 6.54 Å². The number of primary amides is 1. The van der Waals surface area contributed by atoms with Gasteiger partial charge in [0.05, 0.1) is 22.5 Å². The van der Waals surface area contributed by atoms with Gasteiger partial charge in [-0.1, -0.05) is 35.9 Å². The molecule has 0 spiro atoms. The predicted octanol–water partition coefficient (Wildman–Crippen LogP) is 2.31. The highest BCUT2D eigenvalue weighted by molar-refractivity contribution is 6.33. The number of amides is 2. The van der Waals surface area contributed by atoms with Crippen LogP contribution < -0.4 is 16.0 Å². The molecule has 164 valence electrons. The number of anilines is 1. The fraction of sp³-hybridized carbons (Fsp3) is 0.545. The minimum absolute atomic E-state index is 0. The summed E-state index contributed by atoms with van der Waals surface area (Å²) in [6.07, 6.45) is 5.90. The summed E-state index contributed by atoms with van der Waals surface area (Å²) in [6.45, 7) is 5.46. The lowest BCUT2D eigenvalue weighted by atomic mass is 9.82. The molecule has 2 amide bonds. The summed E-state index contributed by atoms with van der Waals surface area (Å²) in [7, 11) is 0. The van der Waals surface area contributed by atoms with Crippen LogP contribution in [-0.2, 0) is 9.59 Å². The van der Waals surface area contributed by atoms with E-state index in [1.165, 1.54) is 0 Å². The third-order valence-corrected chi connectivity index (χ3v) is 6.93. The minimum Gasteiger partial charge on any atom is -0.369 e. The highest BCUT2D eigenvalue weighted by atomic mass is 35.5. The molecule has 0 aromatic heterocycles. The fourth-order valence-corrected chi connectivity index (χ4v) is 5.38. The maximum absolute atomic E-state index is 12.6. The second kappa shape index (κ2) is 10.0. The molecule has 1 saturated heterocycles. The number of benzene rings is 1. The first kappa shape index (κ1) is 22.9. The molecular formula is C22H30Cl2N4O2. The summed E-state index contributed by atoms with van der Waals surface area (Å²) >= 11 is 6.30. The normalized spacial score (nSPS) is 27.7. The van der Waals surface area contributed by atoms with Crippen molar-refractivity contribution in [3.63, 3.8) is 0 Å². The van der Waals surface area contributed by atoms with E-state index in [0.717, 1.165) is 56.3 Å². The molecule has 2 aliphatic carbocycles. The Hall–Kier alpha value is -1.76. The number of fused-ring (bicyclic) bond motifs is 2. The standard InChI is InChI=1S/C22H29ClN4O2.ClH/c23-17-4-1-2-5-18(17)27-12-10-26(11-13-27)9-3-8-25-22(29)20-16-7-6-15(14-16)19(20)21(24)28;/h1-2,4-7,15-16,19-20H,3,8-14H2,(H2,24,28)(H,25,29);1H. The zero-order chi connectivity index (χ0) is 20.4. The Morgan fingerprint density at radius 3 is 2.40 bits per heavy atom. The number of hydrogen-bond acceptors (Lipinski definition) is 4. The van der Waals surface area contributed by atoms with Crippen LogP contribution in [0.3, 0.4) is 0 Å². The van der Waals surface area contributed by atoms with Gasteiger partial charge >= 0.3 is 0 Å². The number of allylic oxidation sites excluding steroid dienone is 2. The van der Waals surface area contributed by atoms with Crippen LogP contribution >= 0.6 is 24.0 Å². The van der Waals surface area contributed by atoms with Gasteiger partial charge in [-0.3, -0.25) is 14.5 Å². The van der Waals surface area contributed by atoms with E-state index in [9.17, 15) is 9.59 Å². The van der Waals surface area contributed by atoms with Crippen molar-refractivity contribution in [1.29, 1.82) is 0 Å². The van der Waals surface area contributed by atoms with Crippen LogP contribution in [0.4, 0.5) is 5.69 Å². The Kier molecular flexibility index (Phi) is 7.66. The molecule has 0 radical (unpaired) electrons. The largest absolute Gasteiger partial charge is 0.369 e. The summed E-state index contributed by atoms with van der Waals surface area (Å²) in [6, 6.07) is 7.97. The third-order valence-electron chi connectivity index (χ3n) is 6.61. The Morgan fingerprint density at radius 1 is 1.07 bits per heavy atom. The number of para-hydroxylation sites is 1. The number of nitrogens with zero attached hydrogens (tertiary/aromatic N) is 2. The molecule has 1 aliphatic heterocycles. The van der Waals surface area contributed by atoms with Crippen molar-refractivity contribution in [1.82, 2.24) is 10.2 Å². The molecular weight excluding hydrogens is 423 g/mol. The summed E-state index contributed by atoms with van der Waals surface area (Å²) in [5, 5.41) is 3.84. The van der Waals surface area contributed by atoms with E-state index in [-0.39, 0.29) is 47.9 Å². The molecule has 1 aromatic carbocycles. The van der Waals surface area contributed by atoms with E-state index in [1.54, 1.807) is 0 Å². The topological polar surface area (TPSA) is 78.7 Å². The molecule has 4 atom stereocenters. The SMILES string of the molecule is Cl.NC(=O)C1C2C=CC(C2)C1C(=O)NCCCN1CCN(c2ccccc2Cl)CC1. The molecule has 3 aliphatic rings. The first-order valence-electron chi connectivity index (χ1n) is 10.5. The van der Waals surface area contributed by atoms with E-state index in [2.05, 4.69) is 27.3 Å². The summed E-state index contributed by atoms with van der Waals surface area (Å²) < 4.78 is 0. The van der Waals surface area contributed by atoms with Crippen molar-refractivity contribution >= 4 is 41.5 Å². The van der Waals surface area contributed by atoms with E-state index in [4.69, 9.17) is 17.3 Å². The second-order valence-corrected chi connectivity index (χ2v) is 8.73. The number of carbonyl (C=O) groups is 2. The fourth-order valence-electron chi connectivity index (χ4n) is 5.12. The van der Waals surface area contributed by atoms with Crippen LogP contribution in [0, 0.1) is 23.7 Å². The van der Waals surface area contributed by atoms with Gasteiger partial charge < -0.3 is 16.0 Å². The molecule has 3 N–H and O–H groups in total. The first-order chi connectivity index (χ1) is 14.0. The molecule has 2 fully saturated rings. The van der Waals surface area contributed by atoms with Crippen LogP contribution in [-0.4, -0.2) is 56.0 Å². The lowest BCUT2D eigenvalue weighted by Gasteiger charge is -2.36. The lowest BCUT2D eigenvalue weighted by molar-refractivity contribution is -0.133. The van der Waals surface area contributed by atoms with Crippen molar-refractivity contribution in [2.75, 3.05) is 44.2 Å². The number of rotatable bonds is 7. The van der Waals surface area contributed by atoms with Crippen molar-refractivity contribution in [3.8, 4) is 0 Å². The Bertz CT molecular complexity index is 795. The minimum atomic E-state index is -0.349. The van der Waals surface area contributed by atoms with Crippen LogP contribution in [0.15, 0.2) is 36.4 Å². The van der Waals surface area contributed by atoms with Gasteiger partial charge in [0.25, 0.3) is 0 Å². The summed E-state index contributed by atoms with van der Waals surface area (Å²) in [5.41, 5.74) is 6.66. The molecule has 2 bridgehead atoms. The van der Waals surface area contributed by atoms with Crippen molar-refractivity contribution < 1.29 is 9.59 Å². The number of nitrogens with one attached hydrogen (secondary N) is 1. The third kappa shape index (κ3) is 4.76. The van der Waals surface area contributed by atoms with E-state index in [1.807, 2.05) is 24.3 Å². The maximum atomic E-state index is 12.6. The van der Waals surface area contributed by atoms with Crippen molar-refractivity contribution in [2.24, 2.45) is 29.4 Å². The zero-order valence-corrected chi connectivity index (χ0v) is 18.6. The number of nitrogens with two attached hydrogens (primary N) is 1. The molecule has 4 rings (SSSR count). The van der Waals surface area contributed by atoms with Gasteiger partial charge in [0.1, 0.15) is 0 Å². The molecule has 4 unspecified atom stereocenters. The average molecular weight is 453 g/mol. The van der Waals surface area contributed by atoms with Gasteiger partial charge in [-0.15, -0.1) is 12.4 Å². The van der Waals surface area contributed by atoms with Gasteiger partial charge in [0, 0.05) is 32.7 Å². The van der Waals surface area contributed by atoms with Crippen LogP contribution in [0.2, 0.25) is 5.02 Å². The highest BCUT2D eigenvalue weighted by Crippen LogP contribution is 2.47. The van der Waals surface area contributed by atoms with E-state index >= 15 is 0 Å². The van der Waals surface area contributed by atoms with Gasteiger partial charge in [-0.2, -0.15) is 0 Å². The lowest BCUT2D eigenvalue weighted by Crippen LogP contribution is -2.47. The molecule has 1 saturated carbocycles. The zero-order valence-electron chi connectivity index (χ0n) is 17.0. The Labute approximate surface area is 189 Å². The predicted molar refractivity (Wildman–Crippen MR) is 122 cm³/mol. The maximum Gasteiger partial charge on any atom is 0.224 e. The van der Waals surface area contributed by atoms with Crippen molar-refractivity contribution in [2.45, 2.75) is 12.8 Å². The number of piperazine rings is 1. The second-order valence-electron chi connectivity index (χ2n) is 8.33. The van der Waals surface area contributed by atoms with E-state index < -0.39 is 0 Å². The summed E-state index contributed by atoms with van der Waals surface area (Å²) in [4.78, 5) is 29.2. The first-order valence-corrected chi connectivity index (χ1v) is 10.9. The monoisotopic (exact) mass is 452 g/mol. The summed E-state index contributed by atoms with van der Waals surface area (Å²) in [5.74, 6) is -0.699. The quantitative estimate of drug-likeness (QED) is 0.491. The molecule has 30 heavy (non-hydrogen) atoms. The number of hydrogen-bond donors (Lipinski definition) is 2. The van der Waals surface area contributed by atoms with Crippen LogP contribution in [0.5, 0.6) is 0 Å². The van der Waals surface area contributed by atoms with Gasteiger partial charge in [-0.25, -0.2) is 0 Å². The van der Waals surface area contributed by atoms with Gasteiger partial charge in [0.15, 0.2) is 0 Å². The number of carbonyl (C=O) groups excluding carboxylic acids is 2. The van der Waals surface area contributed by atoms with Crippen LogP contribution in [0.1, 0.15) is 12.8 Å². The van der Waals surface area contributed by atoms with Gasteiger partial charge in [-0.05, 0) is 43.4 Å². The van der Waals surface area contributed by atoms with Crippen LogP contribution in [0.25, 0.3) is 0 Å². The molecule has 1 aromatic rings. The number of halogens is 2. The van der Waals surface area contributed by atoms with Gasteiger partial charge in [0.2, 0.25) is 11.8 Å². The highest BCUT2D eigenvalue weighted by Gasteiger charge is 2.50. The smallest absolute Gasteiger partial charge is 0.224 e. The average Bonchev–Trinajstić information content (AvgIpc) is 3.34.